The number of aryl methyl sites for hydroxylation is 2. The number of ether oxygens (including phenoxy) is 1. The maximum Gasteiger partial charge on any atom is 0.328 e. The largest absolute Gasteiger partial charge is 0.467 e. The van der Waals surface area contributed by atoms with Crippen molar-refractivity contribution < 1.29 is 14.3 Å². The number of nitrogens with zero attached hydrogens (tertiary/aromatic N) is 2. The highest BCUT2D eigenvalue weighted by atomic mass is 32.1. The second-order valence-corrected chi connectivity index (χ2v) is 8.43. The van der Waals surface area contributed by atoms with Gasteiger partial charge in [-0.05, 0) is 43.6 Å². The number of thiophene rings is 1. The van der Waals surface area contributed by atoms with Crippen LogP contribution in [0.2, 0.25) is 0 Å². The number of esters is 1. The zero-order chi connectivity index (χ0) is 19.6. The lowest BCUT2D eigenvalue weighted by atomic mass is 9.97. The van der Waals surface area contributed by atoms with Gasteiger partial charge in [0.1, 0.15) is 17.4 Å². The van der Waals surface area contributed by atoms with Crippen LogP contribution in [0.25, 0.3) is 10.2 Å². The van der Waals surface area contributed by atoms with E-state index in [0.29, 0.717) is 11.8 Å². The minimum Gasteiger partial charge on any atom is -0.467 e. The van der Waals surface area contributed by atoms with Crippen LogP contribution in [0.4, 0.5) is 0 Å². The van der Waals surface area contributed by atoms with E-state index in [0.717, 1.165) is 36.1 Å². The molecule has 1 aliphatic rings. The Hall–Kier alpha value is -2.22. The molecule has 1 amide bonds. The lowest BCUT2D eigenvalue weighted by Gasteiger charge is -2.18. The fourth-order valence-electron chi connectivity index (χ4n) is 3.52. The molecule has 8 heteroatoms. The molecule has 0 radical (unpaired) electrons. The van der Waals surface area contributed by atoms with Gasteiger partial charge in [-0.3, -0.25) is 14.2 Å². The summed E-state index contributed by atoms with van der Waals surface area (Å²) in [7, 11) is 1.30. The molecule has 0 spiro atoms. The minimum absolute atomic E-state index is 0.169. The zero-order valence-electron chi connectivity index (χ0n) is 15.9. The minimum atomic E-state index is -0.719. The van der Waals surface area contributed by atoms with Gasteiger partial charge in [-0.2, -0.15) is 0 Å². The first-order valence-electron chi connectivity index (χ1n) is 9.27. The van der Waals surface area contributed by atoms with Crippen LogP contribution in [-0.2, 0) is 33.7 Å². The van der Waals surface area contributed by atoms with Crippen molar-refractivity contribution in [2.75, 3.05) is 7.11 Å². The summed E-state index contributed by atoms with van der Waals surface area (Å²) in [6.45, 7) is 3.76. The number of methoxy groups -OCH3 is 1. The van der Waals surface area contributed by atoms with Crippen LogP contribution in [0.3, 0.4) is 0 Å². The second-order valence-electron chi connectivity index (χ2n) is 7.34. The predicted molar refractivity (Wildman–Crippen MR) is 104 cm³/mol. The highest BCUT2D eigenvalue weighted by molar-refractivity contribution is 7.18. The van der Waals surface area contributed by atoms with Gasteiger partial charge in [0.15, 0.2) is 0 Å². The number of rotatable bonds is 6. The van der Waals surface area contributed by atoms with Gasteiger partial charge in [-0.25, -0.2) is 9.78 Å². The van der Waals surface area contributed by atoms with Crippen LogP contribution >= 0.6 is 11.3 Å². The molecule has 2 aromatic heterocycles. The van der Waals surface area contributed by atoms with Crippen LogP contribution in [0, 0.1) is 5.92 Å². The van der Waals surface area contributed by atoms with E-state index in [2.05, 4.69) is 10.3 Å². The average molecular weight is 391 g/mol. The first kappa shape index (κ1) is 19.5. The maximum absolute atomic E-state index is 12.9. The normalized spacial score (nSPS) is 14.8. The van der Waals surface area contributed by atoms with Crippen molar-refractivity contribution in [2.45, 2.75) is 58.5 Å². The van der Waals surface area contributed by atoms with Gasteiger partial charge < -0.3 is 10.1 Å². The Bertz CT molecular complexity index is 916. The molecule has 27 heavy (non-hydrogen) atoms. The van der Waals surface area contributed by atoms with Gasteiger partial charge in [0.2, 0.25) is 5.91 Å². The number of amides is 1. The molecule has 146 valence electrons. The third-order valence-electron chi connectivity index (χ3n) is 4.78. The summed E-state index contributed by atoms with van der Waals surface area (Å²) < 4.78 is 6.09. The molecule has 3 rings (SSSR count). The van der Waals surface area contributed by atoms with Crippen LogP contribution in [0.1, 0.15) is 43.6 Å². The van der Waals surface area contributed by atoms with Crippen LogP contribution in [0.5, 0.6) is 0 Å². The Kier molecular flexibility index (Phi) is 5.94. The molecule has 2 aromatic rings. The van der Waals surface area contributed by atoms with E-state index in [4.69, 9.17) is 4.74 Å². The van der Waals surface area contributed by atoms with Crippen LogP contribution < -0.4 is 10.9 Å². The second kappa shape index (κ2) is 8.21. The Morgan fingerprint density at radius 2 is 2.07 bits per heavy atom. The van der Waals surface area contributed by atoms with Crippen molar-refractivity contribution in [1.82, 2.24) is 14.9 Å². The highest BCUT2D eigenvalue weighted by Gasteiger charge is 2.24. The maximum atomic E-state index is 12.9. The number of fused-ring (bicyclic) bond motifs is 3. The van der Waals surface area contributed by atoms with Crippen LogP contribution in [0.15, 0.2) is 11.1 Å². The zero-order valence-corrected chi connectivity index (χ0v) is 16.7. The first-order chi connectivity index (χ1) is 12.9. The predicted octanol–water partition coefficient (Wildman–Crippen LogP) is 2.04. The summed E-state index contributed by atoms with van der Waals surface area (Å²) in [4.78, 5) is 43.6. The standard InChI is InChI=1S/C19H25N3O4S/c1-11(2)8-13(19(25)26-3)21-15(23)9-22-10-20-17-16(18(22)24)12-6-4-5-7-14(12)27-17/h10-11,13H,4-9H2,1-3H3,(H,21,23)/t13-/m0/s1. The Morgan fingerprint density at radius 3 is 2.78 bits per heavy atom. The molecule has 0 saturated carbocycles. The lowest BCUT2D eigenvalue weighted by Crippen LogP contribution is -2.44. The van der Waals surface area contributed by atoms with Gasteiger partial charge in [0, 0.05) is 4.88 Å². The summed E-state index contributed by atoms with van der Waals surface area (Å²) in [6.07, 6.45) is 5.99. The number of hydrogen-bond donors (Lipinski definition) is 1. The number of aromatic nitrogens is 2. The quantitative estimate of drug-likeness (QED) is 0.761. The van der Waals surface area contributed by atoms with Gasteiger partial charge in [-0.1, -0.05) is 13.8 Å². The summed E-state index contributed by atoms with van der Waals surface area (Å²) >= 11 is 1.58. The molecule has 1 aliphatic carbocycles. The van der Waals surface area contributed by atoms with E-state index in [1.54, 1.807) is 11.3 Å². The summed E-state index contributed by atoms with van der Waals surface area (Å²) in [5.41, 5.74) is 0.911. The number of carbonyl (C=O) groups is 2. The summed E-state index contributed by atoms with van der Waals surface area (Å²) in [6, 6.07) is -0.719. The molecule has 0 unspecified atom stereocenters. The van der Waals surface area contributed by atoms with Crippen molar-refractivity contribution in [2.24, 2.45) is 5.92 Å². The topological polar surface area (TPSA) is 90.3 Å². The Balaban J connectivity index is 1.81. The molecule has 0 fully saturated rings. The Labute approximate surface area is 161 Å². The van der Waals surface area contributed by atoms with Crippen molar-refractivity contribution in [3.05, 3.63) is 27.1 Å². The summed E-state index contributed by atoms with van der Waals surface area (Å²) in [5, 5.41) is 3.33. The van der Waals surface area contributed by atoms with Crippen molar-refractivity contribution in [3.63, 3.8) is 0 Å². The van der Waals surface area contributed by atoms with E-state index in [-0.39, 0.29) is 18.0 Å². The Morgan fingerprint density at radius 1 is 1.33 bits per heavy atom. The van der Waals surface area contributed by atoms with E-state index in [1.807, 2.05) is 13.8 Å². The lowest BCUT2D eigenvalue weighted by molar-refractivity contribution is -0.145. The average Bonchev–Trinajstić information content (AvgIpc) is 3.01. The fraction of sp³-hybridized carbons (Fsp3) is 0.579. The molecule has 0 aromatic carbocycles. The van der Waals surface area contributed by atoms with Crippen molar-refractivity contribution in [1.29, 1.82) is 0 Å². The molecule has 0 saturated heterocycles. The van der Waals surface area contributed by atoms with Gasteiger partial charge in [-0.15, -0.1) is 11.3 Å². The molecular formula is C19H25N3O4S. The van der Waals surface area contributed by atoms with Crippen LogP contribution in [-0.4, -0.2) is 34.6 Å². The number of hydrogen-bond acceptors (Lipinski definition) is 6. The van der Waals surface area contributed by atoms with E-state index in [1.165, 1.54) is 22.9 Å². The van der Waals surface area contributed by atoms with Gasteiger partial charge in [0.05, 0.1) is 18.8 Å². The van der Waals surface area contributed by atoms with E-state index >= 15 is 0 Å². The molecule has 7 nitrogen and oxygen atoms in total. The molecule has 0 aliphatic heterocycles. The van der Waals surface area contributed by atoms with Crippen molar-refractivity contribution in [3.8, 4) is 0 Å². The first-order valence-corrected chi connectivity index (χ1v) is 10.1. The summed E-state index contributed by atoms with van der Waals surface area (Å²) in [5.74, 6) is -0.671. The molecule has 1 atom stereocenters. The smallest absolute Gasteiger partial charge is 0.328 e. The third-order valence-corrected chi connectivity index (χ3v) is 5.98. The fourth-order valence-corrected chi connectivity index (χ4v) is 4.74. The molecular weight excluding hydrogens is 366 g/mol. The molecule has 0 bridgehead atoms. The molecule has 1 N–H and O–H groups in total. The van der Waals surface area contributed by atoms with E-state index in [9.17, 15) is 14.4 Å². The molecule has 2 heterocycles. The third kappa shape index (κ3) is 4.21. The van der Waals surface area contributed by atoms with Gasteiger partial charge in [0.25, 0.3) is 5.56 Å². The van der Waals surface area contributed by atoms with Gasteiger partial charge >= 0.3 is 5.97 Å². The number of nitrogens with one attached hydrogen (secondary N) is 1. The van der Waals surface area contributed by atoms with E-state index < -0.39 is 17.9 Å². The highest BCUT2D eigenvalue weighted by Crippen LogP contribution is 2.33. The monoisotopic (exact) mass is 391 g/mol. The number of carbonyl (C=O) groups excluding carboxylic acids is 2. The van der Waals surface area contributed by atoms with Crippen molar-refractivity contribution >= 4 is 33.4 Å². The SMILES string of the molecule is COC(=O)[C@H](CC(C)C)NC(=O)Cn1cnc2sc3c(c2c1=O)CCCC3.